The lowest BCUT2D eigenvalue weighted by Gasteiger charge is -2.34. The van der Waals surface area contributed by atoms with Crippen molar-refractivity contribution in [2.45, 2.75) is 11.8 Å². The zero-order chi connectivity index (χ0) is 12.5. The third-order valence-electron chi connectivity index (χ3n) is 2.08. The number of allylic oxidation sites excluding steroid dienone is 2. The SMILES string of the molecule is CN(C)C(=O)NC1(O)C=CC(Cl)=C(Cl)C1O. The number of urea groups is 1. The van der Waals surface area contributed by atoms with Crippen LogP contribution in [-0.2, 0) is 0 Å². The van der Waals surface area contributed by atoms with Crippen molar-refractivity contribution in [2.24, 2.45) is 0 Å². The van der Waals surface area contributed by atoms with Crippen molar-refractivity contribution in [1.82, 2.24) is 10.2 Å². The number of nitrogens with one attached hydrogen (secondary N) is 1. The first-order valence-electron chi connectivity index (χ1n) is 4.42. The van der Waals surface area contributed by atoms with Crippen LogP contribution in [0.1, 0.15) is 0 Å². The molecule has 1 aliphatic rings. The third-order valence-corrected chi connectivity index (χ3v) is 2.92. The Morgan fingerprint density at radius 3 is 2.62 bits per heavy atom. The summed E-state index contributed by atoms with van der Waals surface area (Å²) in [4.78, 5) is 12.6. The second kappa shape index (κ2) is 4.63. The van der Waals surface area contributed by atoms with Crippen LogP contribution in [0, 0.1) is 0 Å². The van der Waals surface area contributed by atoms with Gasteiger partial charge in [-0.1, -0.05) is 23.2 Å². The van der Waals surface area contributed by atoms with Crippen LogP contribution in [0.5, 0.6) is 0 Å². The Bertz CT molecular complexity index is 368. The topological polar surface area (TPSA) is 72.8 Å². The van der Waals surface area contributed by atoms with Crippen LogP contribution >= 0.6 is 23.2 Å². The monoisotopic (exact) mass is 266 g/mol. The minimum absolute atomic E-state index is 0.120. The molecule has 1 aliphatic carbocycles. The van der Waals surface area contributed by atoms with Gasteiger partial charge in [-0.15, -0.1) is 0 Å². The maximum absolute atomic E-state index is 11.4. The normalized spacial score (nSPS) is 29.2. The first-order valence-corrected chi connectivity index (χ1v) is 5.18. The molecule has 0 saturated heterocycles. The van der Waals surface area contributed by atoms with Gasteiger partial charge >= 0.3 is 6.03 Å². The van der Waals surface area contributed by atoms with Crippen LogP contribution in [0.15, 0.2) is 22.2 Å². The molecule has 0 saturated carbocycles. The molecule has 5 nitrogen and oxygen atoms in total. The lowest BCUT2D eigenvalue weighted by molar-refractivity contribution is -0.0359. The molecule has 2 amide bonds. The van der Waals surface area contributed by atoms with Crippen molar-refractivity contribution in [3.05, 3.63) is 22.2 Å². The summed E-state index contributed by atoms with van der Waals surface area (Å²) < 4.78 is 0. The highest BCUT2D eigenvalue weighted by Gasteiger charge is 2.40. The Morgan fingerprint density at radius 1 is 1.56 bits per heavy atom. The van der Waals surface area contributed by atoms with E-state index in [1.165, 1.54) is 31.1 Å². The smallest absolute Gasteiger partial charge is 0.319 e. The summed E-state index contributed by atoms with van der Waals surface area (Å²) in [5, 5.41) is 21.9. The van der Waals surface area contributed by atoms with Crippen molar-refractivity contribution in [2.75, 3.05) is 14.1 Å². The Kier molecular flexibility index (Phi) is 3.85. The largest absolute Gasteiger partial charge is 0.382 e. The van der Waals surface area contributed by atoms with Crippen molar-refractivity contribution in [3.63, 3.8) is 0 Å². The van der Waals surface area contributed by atoms with E-state index in [1.807, 2.05) is 0 Å². The van der Waals surface area contributed by atoms with Gasteiger partial charge in [0.15, 0.2) is 5.72 Å². The molecule has 0 fully saturated rings. The molecule has 0 radical (unpaired) electrons. The number of halogens is 2. The van der Waals surface area contributed by atoms with Gasteiger partial charge in [0.2, 0.25) is 0 Å². The molecule has 0 heterocycles. The predicted octanol–water partition coefficient (Wildman–Crippen LogP) is 0.566. The molecule has 1 rings (SSSR count). The number of carbonyl (C=O) groups excluding carboxylic acids is 1. The fraction of sp³-hybridized carbons (Fsp3) is 0.444. The van der Waals surface area contributed by atoms with Crippen LogP contribution in [0.25, 0.3) is 0 Å². The summed E-state index contributed by atoms with van der Waals surface area (Å²) >= 11 is 11.3. The number of amides is 2. The fourth-order valence-electron chi connectivity index (χ4n) is 1.09. The maximum atomic E-state index is 11.4. The van der Waals surface area contributed by atoms with Gasteiger partial charge < -0.3 is 20.4 Å². The van der Waals surface area contributed by atoms with E-state index in [1.54, 1.807) is 0 Å². The molecule has 7 heteroatoms. The molecule has 0 aliphatic heterocycles. The second-order valence-electron chi connectivity index (χ2n) is 3.58. The van der Waals surface area contributed by atoms with Crippen LogP contribution < -0.4 is 5.32 Å². The zero-order valence-corrected chi connectivity index (χ0v) is 10.2. The van der Waals surface area contributed by atoms with E-state index in [-0.39, 0.29) is 10.1 Å². The lowest BCUT2D eigenvalue weighted by atomic mass is 10.0. The van der Waals surface area contributed by atoms with Crippen molar-refractivity contribution >= 4 is 29.2 Å². The van der Waals surface area contributed by atoms with Gasteiger partial charge in [-0.05, 0) is 12.2 Å². The summed E-state index contributed by atoms with van der Waals surface area (Å²) in [7, 11) is 3.00. The standard InChI is InChI=1S/C9H12Cl2N2O3/c1-13(2)8(15)12-9(16)4-3-5(10)6(11)7(9)14/h3-4,7,14,16H,1-2H3,(H,12,15). The Balaban J connectivity index is 2.89. The molecular weight excluding hydrogens is 255 g/mol. The first-order chi connectivity index (χ1) is 7.28. The van der Waals surface area contributed by atoms with Gasteiger partial charge in [0.05, 0.1) is 10.1 Å². The number of aliphatic hydroxyl groups is 2. The van der Waals surface area contributed by atoms with E-state index < -0.39 is 17.9 Å². The minimum Gasteiger partial charge on any atom is -0.382 e. The summed E-state index contributed by atoms with van der Waals surface area (Å²) in [6.45, 7) is 0. The summed E-state index contributed by atoms with van der Waals surface area (Å²) in [6.07, 6.45) is 0.996. The van der Waals surface area contributed by atoms with Crippen LogP contribution in [0.4, 0.5) is 4.79 Å². The van der Waals surface area contributed by atoms with E-state index in [2.05, 4.69) is 5.32 Å². The lowest BCUT2D eigenvalue weighted by Crippen LogP contribution is -2.58. The van der Waals surface area contributed by atoms with Gasteiger partial charge in [-0.25, -0.2) is 4.79 Å². The van der Waals surface area contributed by atoms with Crippen LogP contribution in [0.2, 0.25) is 0 Å². The molecule has 0 bridgehead atoms. The average Bonchev–Trinajstić information content (AvgIpc) is 2.21. The van der Waals surface area contributed by atoms with E-state index in [0.717, 1.165) is 0 Å². The molecule has 3 N–H and O–H groups in total. The quantitative estimate of drug-likeness (QED) is 0.608. The van der Waals surface area contributed by atoms with E-state index >= 15 is 0 Å². The molecule has 0 aromatic rings. The molecule has 2 unspecified atom stereocenters. The van der Waals surface area contributed by atoms with Gasteiger partial charge in [0.1, 0.15) is 6.10 Å². The highest BCUT2D eigenvalue weighted by atomic mass is 35.5. The van der Waals surface area contributed by atoms with E-state index in [9.17, 15) is 15.0 Å². The number of rotatable bonds is 1. The average molecular weight is 267 g/mol. The van der Waals surface area contributed by atoms with Gasteiger partial charge in [-0.3, -0.25) is 0 Å². The van der Waals surface area contributed by atoms with Crippen molar-refractivity contribution < 1.29 is 15.0 Å². The van der Waals surface area contributed by atoms with E-state index in [0.29, 0.717) is 0 Å². The molecule has 90 valence electrons. The molecule has 0 aromatic heterocycles. The molecular formula is C9H12Cl2N2O3. The predicted molar refractivity (Wildman–Crippen MR) is 61.0 cm³/mol. The van der Waals surface area contributed by atoms with Gasteiger partial charge in [-0.2, -0.15) is 0 Å². The second-order valence-corrected chi connectivity index (χ2v) is 4.40. The van der Waals surface area contributed by atoms with Gasteiger partial charge in [0, 0.05) is 14.1 Å². The van der Waals surface area contributed by atoms with E-state index in [4.69, 9.17) is 23.2 Å². The Hall–Kier alpha value is -0.750. The van der Waals surface area contributed by atoms with Crippen molar-refractivity contribution in [3.8, 4) is 0 Å². The molecule has 2 atom stereocenters. The highest BCUT2D eigenvalue weighted by Crippen LogP contribution is 2.30. The van der Waals surface area contributed by atoms with Crippen molar-refractivity contribution in [1.29, 1.82) is 0 Å². The minimum atomic E-state index is -1.95. The summed E-state index contributed by atoms with van der Waals surface area (Å²) in [6, 6.07) is -0.561. The maximum Gasteiger partial charge on any atom is 0.319 e. The highest BCUT2D eigenvalue weighted by molar-refractivity contribution is 6.40. The third kappa shape index (κ3) is 2.49. The number of nitrogens with zero attached hydrogens (tertiary/aromatic N) is 1. The number of aliphatic hydroxyl groups excluding tert-OH is 1. The molecule has 0 spiro atoms. The fourth-order valence-corrected chi connectivity index (χ4v) is 1.48. The number of carbonyl (C=O) groups is 1. The number of hydrogen-bond acceptors (Lipinski definition) is 3. The Labute approximate surface area is 103 Å². The van der Waals surface area contributed by atoms with Crippen LogP contribution in [0.3, 0.4) is 0 Å². The Morgan fingerprint density at radius 2 is 2.12 bits per heavy atom. The van der Waals surface area contributed by atoms with Crippen LogP contribution in [-0.4, -0.2) is 47.1 Å². The summed E-state index contributed by atoms with van der Waals surface area (Å²) in [5.41, 5.74) is -1.95. The first kappa shape index (κ1) is 13.3. The molecule has 0 aromatic carbocycles. The zero-order valence-electron chi connectivity index (χ0n) is 8.74. The number of hydrogen-bond donors (Lipinski definition) is 3. The molecule has 16 heavy (non-hydrogen) atoms. The van der Waals surface area contributed by atoms with Gasteiger partial charge in [0.25, 0.3) is 0 Å². The summed E-state index contributed by atoms with van der Waals surface area (Å²) in [5.74, 6) is 0.